The van der Waals surface area contributed by atoms with Crippen molar-refractivity contribution in [1.82, 2.24) is 20.5 Å². The minimum atomic E-state index is -0.547. The van der Waals surface area contributed by atoms with Gasteiger partial charge in [0, 0.05) is 41.1 Å². The van der Waals surface area contributed by atoms with E-state index in [2.05, 4.69) is 36.9 Å². The van der Waals surface area contributed by atoms with Gasteiger partial charge in [-0.25, -0.2) is 4.39 Å². The molecule has 188 valence electrons. The van der Waals surface area contributed by atoms with Gasteiger partial charge >= 0.3 is 0 Å². The van der Waals surface area contributed by atoms with Gasteiger partial charge in [-0.2, -0.15) is 5.10 Å². The minimum Gasteiger partial charge on any atom is -0.356 e. The van der Waals surface area contributed by atoms with Gasteiger partial charge in [0.15, 0.2) is 5.84 Å². The Morgan fingerprint density at radius 2 is 1.87 bits per heavy atom. The van der Waals surface area contributed by atoms with Crippen molar-refractivity contribution >= 4 is 40.1 Å². The fourth-order valence-electron chi connectivity index (χ4n) is 5.08. The Morgan fingerprint density at radius 3 is 2.68 bits per heavy atom. The summed E-state index contributed by atoms with van der Waals surface area (Å²) in [4.78, 5) is 26.1. The third kappa shape index (κ3) is 3.87. The normalized spacial score (nSPS) is 22.0. The molecule has 9 heteroatoms. The second-order valence-corrected chi connectivity index (χ2v) is 10.2. The van der Waals surface area contributed by atoms with Crippen molar-refractivity contribution in [2.45, 2.75) is 31.3 Å². The first-order chi connectivity index (χ1) is 18.5. The fraction of sp³-hybridized carbons (Fsp3) is 0.207. The predicted molar refractivity (Wildman–Crippen MR) is 145 cm³/mol. The molecule has 2 aromatic heterocycles. The van der Waals surface area contributed by atoms with Gasteiger partial charge in [-0.15, -0.1) is 0 Å². The molecule has 2 atom stereocenters. The summed E-state index contributed by atoms with van der Waals surface area (Å²) in [5, 5.41) is 15.1. The maximum Gasteiger partial charge on any atom is 0.227 e. The van der Waals surface area contributed by atoms with Crippen LogP contribution in [-0.4, -0.2) is 44.7 Å². The number of nitrogens with one attached hydrogen (secondary N) is 3. The van der Waals surface area contributed by atoms with Gasteiger partial charge < -0.3 is 10.6 Å². The highest BCUT2D eigenvalue weighted by atomic mass is 19.1. The highest BCUT2D eigenvalue weighted by molar-refractivity contribution is 6.12. The Balaban J connectivity index is 1.23. The summed E-state index contributed by atoms with van der Waals surface area (Å²) >= 11 is 0. The van der Waals surface area contributed by atoms with Gasteiger partial charge in [-0.1, -0.05) is 18.2 Å². The second kappa shape index (κ2) is 8.44. The van der Waals surface area contributed by atoms with Crippen LogP contribution in [0, 0.1) is 11.7 Å². The zero-order valence-corrected chi connectivity index (χ0v) is 20.6. The Morgan fingerprint density at radius 1 is 1.05 bits per heavy atom. The van der Waals surface area contributed by atoms with Crippen LogP contribution in [0.25, 0.3) is 27.6 Å². The lowest BCUT2D eigenvalue weighted by Gasteiger charge is -2.30. The first-order valence-electron chi connectivity index (χ1n) is 12.6. The van der Waals surface area contributed by atoms with E-state index in [0.717, 1.165) is 46.0 Å². The van der Waals surface area contributed by atoms with E-state index >= 15 is 0 Å². The number of nitrogens with zero attached hydrogens (tertiary/aromatic N) is 4. The number of amides is 1. The number of hydrogen-bond acceptors (Lipinski definition) is 6. The summed E-state index contributed by atoms with van der Waals surface area (Å²) in [6.07, 6.45) is 8.99. The largest absolute Gasteiger partial charge is 0.356 e. The fourth-order valence-corrected chi connectivity index (χ4v) is 5.08. The number of aromatic amines is 1. The smallest absolute Gasteiger partial charge is 0.227 e. The molecule has 2 unspecified atom stereocenters. The molecule has 3 aliphatic rings. The molecule has 0 radical (unpaired) electrons. The number of pyridine rings is 1. The van der Waals surface area contributed by atoms with Crippen LogP contribution in [0.15, 0.2) is 77.1 Å². The number of hydrogen-bond donors (Lipinski definition) is 3. The first-order valence-corrected chi connectivity index (χ1v) is 12.6. The maximum atomic E-state index is 13.5. The van der Waals surface area contributed by atoms with Gasteiger partial charge in [0.05, 0.1) is 22.9 Å². The van der Waals surface area contributed by atoms with Crippen LogP contribution in [0.4, 0.5) is 10.1 Å². The van der Waals surface area contributed by atoms with E-state index in [1.165, 1.54) is 12.1 Å². The molecule has 8 nitrogen and oxygen atoms in total. The molecule has 38 heavy (non-hydrogen) atoms. The number of anilines is 1. The average Bonchev–Trinajstić information content (AvgIpc) is 3.60. The monoisotopic (exact) mass is 505 g/mol. The number of H-pyrrole nitrogens is 1. The van der Waals surface area contributed by atoms with Crippen molar-refractivity contribution in [2.75, 3.05) is 5.32 Å². The van der Waals surface area contributed by atoms with Crippen molar-refractivity contribution < 1.29 is 9.18 Å². The molecule has 2 aromatic carbocycles. The Kier molecular flexibility index (Phi) is 5.01. The van der Waals surface area contributed by atoms with E-state index in [0.29, 0.717) is 17.2 Å². The number of aliphatic imine (C=N–C) groups is 2. The number of carbonyl (C=O) groups excluding carboxylic acids is 1. The predicted octanol–water partition coefficient (Wildman–Crippen LogP) is 4.72. The summed E-state index contributed by atoms with van der Waals surface area (Å²) < 4.78 is 13.5. The van der Waals surface area contributed by atoms with Gasteiger partial charge in [0.1, 0.15) is 17.6 Å². The van der Waals surface area contributed by atoms with E-state index in [9.17, 15) is 9.18 Å². The molecular formula is C29H24FN7O. The Hall–Kier alpha value is -4.66. The number of fused-ring (bicyclic) bond motifs is 2. The van der Waals surface area contributed by atoms with Crippen LogP contribution in [0.1, 0.15) is 31.0 Å². The molecule has 1 fully saturated rings. The molecule has 2 aliphatic heterocycles. The number of benzene rings is 2. The average molecular weight is 506 g/mol. The summed E-state index contributed by atoms with van der Waals surface area (Å²) in [5.74, 6) is 0.549. The molecule has 7 rings (SSSR count). The van der Waals surface area contributed by atoms with Gasteiger partial charge in [0.25, 0.3) is 0 Å². The van der Waals surface area contributed by atoms with Crippen molar-refractivity contribution in [3.05, 3.63) is 84.2 Å². The number of halogens is 1. The number of carbonyl (C=O) groups is 1. The second-order valence-electron chi connectivity index (χ2n) is 10.2. The zero-order valence-electron chi connectivity index (χ0n) is 20.6. The van der Waals surface area contributed by atoms with E-state index < -0.39 is 5.54 Å². The van der Waals surface area contributed by atoms with Crippen LogP contribution < -0.4 is 10.6 Å². The van der Waals surface area contributed by atoms with Crippen molar-refractivity contribution in [3.63, 3.8) is 0 Å². The molecule has 1 aliphatic carbocycles. The lowest BCUT2D eigenvalue weighted by atomic mass is 9.84. The Labute approximate surface area is 217 Å². The quantitative estimate of drug-likeness (QED) is 0.365. The van der Waals surface area contributed by atoms with Crippen LogP contribution >= 0.6 is 0 Å². The molecule has 0 spiro atoms. The van der Waals surface area contributed by atoms with Gasteiger partial charge in [-0.05, 0) is 61.2 Å². The van der Waals surface area contributed by atoms with Gasteiger partial charge in [-0.3, -0.25) is 24.9 Å². The number of rotatable bonds is 5. The molecule has 1 saturated carbocycles. The van der Waals surface area contributed by atoms with E-state index in [-0.39, 0.29) is 23.7 Å². The summed E-state index contributed by atoms with van der Waals surface area (Å²) in [5.41, 5.74) is 5.35. The summed E-state index contributed by atoms with van der Waals surface area (Å²) in [7, 11) is 0. The SMILES string of the molecule is CC12C=NC=C(c3ccc(F)cc3)C1N=C(c1n[nH]c3ccc(-c4cncc(NC(=O)C5CC5)c4)cc13)N2. The molecule has 4 heterocycles. The molecule has 1 amide bonds. The molecule has 4 aromatic rings. The number of amidine groups is 1. The first kappa shape index (κ1) is 22.5. The summed E-state index contributed by atoms with van der Waals surface area (Å²) in [6.45, 7) is 2.04. The van der Waals surface area contributed by atoms with Crippen LogP contribution in [0.3, 0.4) is 0 Å². The van der Waals surface area contributed by atoms with E-state index in [1.54, 1.807) is 30.7 Å². The summed E-state index contributed by atoms with van der Waals surface area (Å²) in [6, 6.07) is 14.1. The van der Waals surface area contributed by atoms with E-state index in [4.69, 9.17) is 4.99 Å². The maximum absolute atomic E-state index is 13.5. The van der Waals surface area contributed by atoms with Gasteiger partial charge in [0.2, 0.25) is 5.91 Å². The van der Waals surface area contributed by atoms with Crippen LogP contribution in [0.2, 0.25) is 0 Å². The highest BCUT2D eigenvalue weighted by Crippen LogP contribution is 2.36. The standard InChI is InChI=1S/C29H24FN7O/c1-29-15-32-14-23(16-4-7-20(30)8-5-16)26(29)34-27(35-29)25-22-11-18(6-9-24(22)36-37-25)19-10-21(13-31-12-19)33-28(38)17-2-3-17/h4-15,17,26H,2-3H2,1H3,(H,33,38)(H,34,35)(H,36,37). The molecule has 0 saturated heterocycles. The van der Waals surface area contributed by atoms with E-state index in [1.807, 2.05) is 31.3 Å². The lowest BCUT2D eigenvalue weighted by Crippen LogP contribution is -2.50. The highest BCUT2D eigenvalue weighted by Gasteiger charge is 2.44. The number of aromatic nitrogens is 3. The Bertz CT molecular complexity index is 1680. The van der Waals surface area contributed by atoms with Crippen LogP contribution in [-0.2, 0) is 4.79 Å². The molecule has 0 bridgehead atoms. The zero-order chi connectivity index (χ0) is 25.9. The van der Waals surface area contributed by atoms with Crippen LogP contribution in [0.5, 0.6) is 0 Å². The third-order valence-corrected chi connectivity index (χ3v) is 7.32. The lowest BCUT2D eigenvalue weighted by molar-refractivity contribution is -0.117. The molecule has 3 N–H and O–H groups in total. The van der Waals surface area contributed by atoms with Crippen molar-refractivity contribution in [3.8, 4) is 11.1 Å². The topological polar surface area (TPSA) is 107 Å². The third-order valence-electron chi connectivity index (χ3n) is 7.32. The minimum absolute atomic E-state index is 0.0504. The van der Waals surface area contributed by atoms with Crippen molar-refractivity contribution in [2.24, 2.45) is 15.9 Å². The van der Waals surface area contributed by atoms with Crippen molar-refractivity contribution in [1.29, 1.82) is 0 Å². The molecular weight excluding hydrogens is 481 g/mol.